The zero-order chi connectivity index (χ0) is 18.1. The Bertz CT molecular complexity index is 761. The van der Waals surface area contributed by atoms with Crippen molar-refractivity contribution in [3.63, 3.8) is 0 Å². The number of aliphatic hydroxyl groups is 1. The highest BCUT2D eigenvalue weighted by molar-refractivity contribution is 5.87. The number of esters is 1. The predicted molar refractivity (Wildman–Crippen MR) is 99.9 cm³/mol. The second-order valence-electron chi connectivity index (χ2n) is 7.43. The van der Waals surface area contributed by atoms with E-state index in [1.165, 1.54) is 0 Å². The molecule has 0 spiro atoms. The van der Waals surface area contributed by atoms with E-state index in [1.54, 1.807) is 0 Å². The number of rotatable bonds is 2. The molecule has 1 fully saturated rings. The van der Waals surface area contributed by atoms with Gasteiger partial charge in [0.15, 0.2) is 0 Å². The van der Waals surface area contributed by atoms with E-state index in [0.717, 1.165) is 49.9 Å². The number of carbonyl (C=O) groups excluding carboxylic acids is 1. The van der Waals surface area contributed by atoms with Crippen LogP contribution in [0.1, 0.15) is 35.1 Å². The largest absolute Gasteiger partial charge is 0.460 e. The molecule has 0 bridgehead atoms. The van der Waals surface area contributed by atoms with Crippen molar-refractivity contribution in [1.82, 2.24) is 4.90 Å². The van der Waals surface area contributed by atoms with Crippen LogP contribution in [0.3, 0.4) is 0 Å². The summed E-state index contributed by atoms with van der Waals surface area (Å²) in [4.78, 5) is 15.5. The molecule has 2 aromatic rings. The summed E-state index contributed by atoms with van der Waals surface area (Å²) in [6.07, 6.45) is 3.09. The van der Waals surface area contributed by atoms with Crippen molar-refractivity contribution in [2.45, 2.75) is 37.4 Å². The van der Waals surface area contributed by atoms with Crippen LogP contribution >= 0.6 is 0 Å². The summed E-state index contributed by atoms with van der Waals surface area (Å²) >= 11 is 0. The van der Waals surface area contributed by atoms with Crippen LogP contribution in [-0.2, 0) is 28.0 Å². The number of piperidine rings is 1. The topological polar surface area (TPSA) is 49.8 Å². The summed E-state index contributed by atoms with van der Waals surface area (Å²) < 4.78 is 5.84. The van der Waals surface area contributed by atoms with Gasteiger partial charge < -0.3 is 14.7 Å². The van der Waals surface area contributed by atoms with E-state index < -0.39 is 11.6 Å². The molecule has 4 rings (SSSR count). The number of fused-ring (bicyclic) bond motifs is 2. The Hall–Kier alpha value is -2.17. The Labute approximate surface area is 154 Å². The van der Waals surface area contributed by atoms with Gasteiger partial charge in [0.2, 0.25) is 5.60 Å². The molecule has 1 saturated heterocycles. The molecular formula is C22H25NO3. The summed E-state index contributed by atoms with van der Waals surface area (Å²) in [7, 11) is 2.07. The van der Waals surface area contributed by atoms with Gasteiger partial charge in [-0.3, -0.25) is 0 Å². The predicted octanol–water partition coefficient (Wildman–Crippen LogP) is 2.66. The van der Waals surface area contributed by atoms with E-state index >= 15 is 0 Å². The molecule has 136 valence electrons. The second kappa shape index (κ2) is 6.86. The van der Waals surface area contributed by atoms with Gasteiger partial charge in [-0.2, -0.15) is 0 Å². The first kappa shape index (κ1) is 17.3. The third-order valence-electron chi connectivity index (χ3n) is 5.71. The lowest BCUT2D eigenvalue weighted by atomic mass is 9.83. The molecule has 1 aliphatic heterocycles. The van der Waals surface area contributed by atoms with Crippen molar-refractivity contribution in [1.29, 1.82) is 0 Å². The molecule has 0 saturated carbocycles. The van der Waals surface area contributed by atoms with Gasteiger partial charge in [0.25, 0.3) is 0 Å². The Balaban J connectivity index is 1.74. The first-order valence-corrected chi connectivity index (χ1v) is 9.38. The number of hydrogen-bond donors (Lipinski definition) is 1. The van der Waals surface area contributed by atoms with Gasteiger partial charge in [0.05, 0.1) is 0 Å². The second-order valence-corrected chi connectivity index (χ2v) is 7.43. The maximum absolute atomic E-state index is 13.3. The van der Waals surface area contributed by atoms with Gasteiger partial charge in [-0.05, 0) is 43.9 Å². The zero-order valence-electron chi connectivity index (χ0n) is 15.1. The lowest BCUT2D eigenvalue weighted by Crippen LogP contribution is -2.43. The molecule has 0 atom stereocenters. The Morgan fingerprint density at radius 1 is 1.00 bits per heavy atom. The number of hydrogen-bond acceptors (Lipinski definition) is 4. The molecule has 2 aromatic carbocycles. The van der Waals surface area contributed by atoms with Gasteiger partial charge in [0.1, 0.15) is 6.10 Å². The zero-order valence-corrected chi connectivity index (χ0v) is 15.1. The fraction of sp³-hybridized carbons (Fsp3) is 0.409. The van der Waals surface area contributed by atoms with Crippen LogP contribution in [0.4, 0.5) is 0 Å². The van der Waals surface area contributed by atoms with Crippen LogP contribution in [0.15, 0.2) is 48.5 Å². The number of likely N-dealkylation sites (tertiary alicyclic amines) is 1. The number of carbonyl (C=O) groups is 1. The minimum atomic E-state index is -1.74. The third-order valence-corrected chi connectivity index (χ3v) is 5.71. The van der Waals surface area contributed by atoms with Gasteiger partial charge in [-0.25, -0.2) is 4.79 Å². The Morgan fingerprint density at radius 2 is 1.50 bits per heavy atom. The van der Waals surface area contributed by atoms with Gasteiger partial charge in [-0.15, -0.1) is 0 Å². The Kier molecular flexibility index (Phi) is 4.55. The molecule has 0 unspecified atom stereocenters. The van der Waals surface area contributed by atoms with Gasteiger partial charge in [0, 0.05) is 24.2 Å². The minimum absolute atomic E-state index is 0.134. The van der Waals surface area contributed by atoms with Crippen LogP contribution in [-0.4, -0.2) is 42.2 Å². The van der Waals surface area contributed by atoms with Crippen molar-refractivity contribution in [2.75, 3.05) is 20.1 Å². The molecular weight excluding hydrogens is 326 g/mol. The molecule has 0 aromatic heterocycles. The van der Waals surface area contributed by atoms with E-state index in [4.69, 9.17) is 4.74 Å². The summed E-state index contributed by atoms with van der Waals surface area (Å²) in [5, 5.41) is 11.7. The van der Waals surface area contributed by atoms with Crippen LogP contribution in [0.2, 0.25) is 0 Å². The fourth-order valence-electron chi connectivity index (χ4n) is 4.16. The molecule has 4 nitrogen and oxygen atoms in total. The van der Waals surface area contributed by atoms with E-state index in [1.807, 2.05) is 48.5 Å². The molecule has 1 aliphatic carbocycles. The van der Waals surface area contributed by atoms with Crippen LogP contribution in [0.25, 0.3) is 0 Å². The summed E-state index contributed by atoms with van der Waals surface area (Å²) in [6, 6.07) is 15.4. The van der Waals surface area contributed by atoms with E-state index in [-0.39, 0.29) is 6.10 Å². The summed E-state index contributed by atoms with van der Waals surface area (Å²) in [5.74, 6) is -0.547. The monoisotopic (exact) mass is 351 g/mol. The van der Waals surface area contributed by atoms with E-state index in [2.05, 4.69) is 11.9 Å². The van der Waals surface area contributed by atoms with E-state index in [9.17, 15) is 9.90 Å². The lowest BCUT2D eigenvalue weighted by Gasteiger charge is -2.33. The number of nitrogens with zero attached hydrogens (tertiary/aromatic N) is 1. The molecule has 1 N–H and O–H groups in total. The summed E-state index contributed by atoms with van der Waals surface area (Å²) in [5.41, 5.74) is 1.58. The average molecular weight is 351 g/mol. The lowest BCUT2D eigenvalue weighted by molar-refractivity contribution is -0.170. The van der Waals surface area contributed by atoms with Crippen molar-refractivity contribution in [3.05, 3.63) is 70.8 Å². The number of aryl methyl sites for hydroxylation is 2. The van der Waals surface area contributed by atoms with Crippen LogP contribution in [0, 0.1) is 0 Å². The average Bonchev–Trinajstić information content (AvgIpc) is 2.80. The quantitative estimate of drug-likeness (QED) is 0.845. The fourth-order valence-corrected chi connectivity index (χ4v) is 4.16. The first-order chi connectivity index (χ1) is 12.6. The standard InChI is InChI=1S/C22H25NO3/c1-23-14-12-18(13-15-23)26-21(24)22(25)19-8-4-2-6-16(19)10-11-17-7-3-5-9-20(17)22/h2-9,18,25H,10-15H2,1H3. The molecule has 2 aliphatic rings. The van der Waals surface area contributed by atoms with Crippen LogP contribution < -0.4 is 0 Å². The number of benzene rings is 2. The third kappa shape index (κ3) is 2.93. The van der Waals surface area contributed by atoms with E-state index in [0.29, 0.717) is 11.1 Å². The molecule has 1 heterocycles. The maximum Gasteiger partial charge on any atom is 0.347 e. The maximum atomic E-state index is 13.3. The highest BCUT2D eigenvalue weighted by atomic mass is 16.6. The molecule has 0 amide bonds. The van der Waals surface area contributed by atoms with Crippen LogP contribution in [0.5, 0.6) is 0 Å². The van der Waals surface area contributed by atoms with Crippen molar-refractivity contribution < 1.29 is 14.6 Å². The molecule has 4 heteroatoms. The highest BCUT2D eigenvalue weighted by Gasteiger charge is 2.46. The highest BCUT2D eigenvalue weighted by Crippen LogP contribution is 2.39. The van der Waals surface area contributed by atoms with Gasteiger partial charge in [-0.1, -0.05) is 48.5 Å². The normalized spacial score (nSPS) is 19.9. The SMILES string of the molecule is CN1CCC(OC(=O)C2(O)c3ccccc3CCc3ccccc32)CC1. The Morgan fingerprint density at radius 3 is 2.04 bits per heavy atom. The number of ether oxygens (including phenoxy) is 1. The first-order valence-electron chi connectivity index (χ1n) is 9.38. The van der Waals surface area contributed by atoms with Crippen molar-refractivity contribution in [3.8, 4) is 0 Å². The summed E-state index contributed by atoms with van der Waals surface area (Å²) in [6.45, 7) is 1.81. The molecule has 0 radical (unpaired) electrons. The molecule has 26 heavy (non-hydrogen) atoms. The van der Waals surface area contributed by atoms with Crippen molar-refractivity contribution >= 4 is 5.97 Å². The van der Waals surface area contributed by atoms with Gasteiger partial charge >= 0.3 is 5.97 Å². The van der Waals surface area contributed by atoms with Crippen molar-refractivity contribution in [2.24, 2.45) is 0 Å². The minimum Gasteiger partial charge on any atom is -0.460 e. The smallest absolute Gasteiger partial charge is 0.347 e.